The molecule has 0 saturated carbocycles. The summed E-state index contributed by atoms with van der Waals surface area (Å²) in [5.74, 6) is 1.56. The topological polar surface area (TPSA) is 84.5 Å². The maximum absolute atomic E-state index is 13.6. The highest BCUT2D eigenvalue weighted by atomic mass is 16.3. The molecule has 31 heavy (non-hydrogen) atoms. The zero-order valence-corrected chi connectivity index (χ0v) is 18.8. The van der Waals surface area contributed by atoms with Crippen molar-refractivity contribution < 1.29 is 14.0 Å². The van der Waals surface area contributed by atoms with E-state index in [0.717, 1.165) is 28.9 Å². The summed E-state index contributed by atoms with van der Waals surface area (Å²) in [7, 11) is 0. The third kappa shape index (κ3) is 3.94. The number of nitrogens with zero attached hydrogens (tertiary/aromatic N) is 5. The molecular weight excluding hydrogens is 394 g/mol. The molecule has 3 aromatic heterocycles. The van der Waals surface area contributed by atoms with Gasteiger partial charge in [-0.1, -0.05) is 0 Å². The summed E-state index contributed by atoms with van der Waals surface area (Å²) in [6.07, 6.45) is 2.49. The van der Waals surface area contributed by atoms with Gasteiger partial charge in [-0.15, -0.1) is 0 Å². The molecule has 0 atom stereocenters. The van der Waals surface area contributed by atoms with Crippen LogP contribution in [0.15, 0.2) is 22.7 Å². The van der Waals surface area contributed by atoms with Crippen LogP contribution in [0, 0.1) is 13.8 Å². The van der Waals surface area contributed by atoms with E-state index in [1.807, 2.05) is 49.4 Å². The molecule has 164 valence electrons. The highest BCUT2D eigenvalue weighted by molar-refractivity contribution is 6.06. The van der Waals surface area contributed by atoms with Crippen LogP contribution in [0.25, 0.3) is 22.3 Å². The molecule has 0 bridgehead atoms. The standard InChI is InChI=1S/C23H29N5O3/c1-14(2)28-22-20(13-24-28)19(12-21(25-22)18-11-15(3)31-16(18)4)23(30)27-8-6-7-26(9-10-27)17(5)29/h11-14H,6-10H2,1-5H3. The molecule has 1 saturated heterocycles. The Labute approximate surface area is 181 Å². The fourth-order valence-electron chi connectivity index (χ4n) is 4.20. The minimum atomic E-state index is -0.0553. The van der Waals surface area contributed by atoms with Crippen molar-refractivity contribution in [1.29, 1.82) is 0 Å². The number of hydrogen-bond acceptors (Lipinski definition) is 5. The first kappa shape index (κ1) is 21.1. The lowest BCUT2D eigenvalue weighted by Crippen LogP contribution is -2.36. The van der Waals surface area contributed by atoms with Gasteiger partial charge in [0, 0.05) is 44.7 Å². The monoisotopic (exact) mass is 423 g/mol. The van der Waals surface area contributed by atoms with Gasteiger partial charge in [0.1, 0.15) is 11.5 Å². The normalized spacial score (nSPS) is 15.0. The van der Waals surface area contributed by atoms with Gasteiger partial charge in [-0.3, -0.25) is 9.59 Å². The second kappa shape index (κ2) is 8.17. The highest BCUT2D eigenvalue weighted by Gasteiger charge is 2.26. The third-order valence-corrected chi connectivity index (χ3v) is 5.83. The molecule has 4 rings (SSSR count). The average Bonchev–Trinajstić information content (AvgIpc) is 3.19. The number of rotatable bonds is 3. The maximum atomic E-state index is 13.6. The Hall–Kier alpha value is -3.16. The number of carbonyl (C=O) groups is 2. The zero-order chi connectivity index (χ0) is 22.3. The Bertz CT molecular complexity index is 1140. The number of aromatic nitrogens is 3. The Morgan fingerprint density at radius 3 is 2.42 bits per heavy atom. The van der Waals surface area contributed by atoms with Crippen molar-refractivity contribution in [3.63, 3.8) is 0 Å². The zero-order valence-electron chi connectivity index (χ0n) is 18.8. The van der Waals surface area contributed by atoms with Gasteiger partial charge >= 0.3 is 0 Å². The van der Waals surface area contributed by atoms with E-state index in [4.69, 9.17) is 9.40 Å². The molecule has 1 aliphatic heterocycles. The SMILES string of the molecule is CC(=O)N1CCCN(C(=O)c2cc(-c3cc(C)oc3C)nc3c2cnn3C(C)C)CC1. The van der Waals surface area contributed by atoms with E-state index in [2.05, 4.69) is 5.10 Å². The quantitative estimate of drug-likeness (QED) is 0.643. The summed E-state index contributed by atoms with van der Waals surface area (Å²) < 4.78 is 7.56. The Morgan fingerprint density at radius 1 is 1.06 bits per heavy atom. The first-order chi connectivity index (χ1) is 14.8. The first-order valence-corrected chi connectivity index (χ1v) is 10.8. The minimum absolute atomic E-state index is 0.0481. The first-order valence-electron chi connectivity index (χ1n) is 10.8. The van der Waals surface area contributed by atoms with Gasteiger partial charge in [-0.2, -0.15) is 5.10 Å². The van der Waals surface area contributed by atoms with Gasteiger partial charge in [-0.25, -0.2) is 9.67 Å². The molecule has 0 aromatic carbocycles. The molecule has 1 aliphatic rings. The molecule has 0 unspecified atom stereocenters. The van der Waals surface area contributed by atoms with Crippen molar-refractivity contribution in [2.75, 3.05) is 26.2 Å². The van der Waals surface area contributed by atoms with Crippen molar-refractivity contribution in [2.24, 2.45) is 0 Å². The second-order valence-electron chi connectivity index (χ2n) is 8.45. The van der Waals surface area contributed by atoms with E-state index < -0.39 is 0 Å². The van der Waals surface area contributed by atoms with E-state index in [-0.39, 0.29) is 17.9 Å². The molecular formula is C23H29N5O3. The maximum Gasteiger partial charge on any atom is 0.254 e. The summed E-state index contributed by atoms with van der Waals surface area (Å²) in [6, 6.07) is 3.91. The van der Waals surface area contributed by atoms with Crippen molar-refractivity contribution in [3.05, 3.63) is 35.4 Å². The Kier molecular flexibility index (Phi) is 5.56. The summed E-state index contributed by atoms with van der Waals surface area (Å²) in [5, 5.41) is 5.25. The number of carbonyl (C=O) groups excluding carboxylic acids is 2. The number of furan rings is 1. The largest absolute Gasteiger partial charge is 0.466 e. The number of fused-ring (bicyclic) bond motifs is 1. The molecule has 2 amide bonds. The molecule has 0 aliphatic carbocycles. The fraction of sp³-hybridized carbons (Fsp3) is 0.478. The highest BCUT2D eigenvalue weighted by Crippen LogP contribution is 2.30. The van der Waals surface area contributed by atoms with E-state index in [1.54, 1.807) is 18.0 Å². The predicted molar refractivity (Wildman–Crippen MR) is 118 cm³/mol. The van der Waals surface area contributed by atoms with Crippen molar-refractivity contribution in [1.82, 2.24) is 24.6 Å². The van der Waals surface area contributed by atoms with E-state index in [0.29, 0.717) is 43.1 Å². The third-order valence-electron chi connectivity index (χ3n) is 5.83. The lowest BCUT2D eigenvalue weighted by Gasteiger charge is -2.22. The van der Waals surface area contributed by atoms with Crippen LogP contribution in [-0.2, 0) is 4.79 Å². The van der Waals surface area contributed by atoms with Crippen molar-refractivity contribution in [2.45, 2.75) is 47.1 Å². The lowest BCUT2D eigenvalue weighted by atomic mass is 10.1. The minimum Gasteiger partial charge on any atom is -0.466 e. The average molecular weight is 424 g/mol. The molecule has 3 aromatic rings. The van der Waals surface area contributed by atoms with Crippen molar-refractivity contribution >= 4 is 22.8 Å². The summed E-state index contributed by atoms with van der Waals surface area (Å²) >= 11 is 0. The van der Waals surface area contributed by atoms with Crippen LogP contribution in [0.1, 0.15) is 55.1 Å². The summed E-state index contributed by atoms with van der Waals surface area (Å²) in [4.78, 5) is 33.9. The van der Waals surface area contributed by atoms with Crippen LogP contribution in [-0.4, -0.2) is 62.6 Å². The molecule has 4 heterocycles. The van der Waals surface area contributed by atoms with Gasteiger partial charge in [-0.05, 0) is 46.2 Å². The van der Waals surface area contributed by atoms with Crippen LogP contribution in [0.4, 0.5) is 0 Å². The van der Waals surface area contributed by atoms with Gasteiger partial charge in [0.05, 0.1) is 22.8 Å². The Balaban J connectivity index is 1.80. The molecule has 1 fully saturated rings. The fourth-order valence-corrected chi connectivity index (χ4v) is 4.20. The molecule has 8 heteroatoms. The van der Waals surface area contributed by atoms with Gasteiger partial charge < -0.3 is 14.2 Å². The number of pyridine rings is 1. The van der Waals surface area contributed by atoms with Crippen LogP contribution >= 0.6 is 0 Å². The van der Waals surface area contributed by atoms with E-state index in [1.165, 1.54) is 0 Å². The van der Waals surface area contributed by atoms with Crippen LogP contribution in [0.3, 0.4) is 0 Å². The molecule has 0 spiro atoms. The summed E-state index contributed by atoms with van der Waals surface area (Å²) in [5.41, 5.74) is 2.85. The molecule has 0 radical (unpaired) electrons. The second-order valence-corrected chi connectivity index (χ2v) is 8.45. The van der Waals surface area contributed by atoms with E-state index in [9.17, 15) is 9.59 Å². The number of amides is 2. The van der Waals surface area contributed by atoms with Crippen LogP contribution < -0.4 is 0 Å². The van der Waals surface area contributed by atoms with Gasteiger partial charge in [0.15, 0.2) is 5.65 Å². The van der Waals surface area contributed by atoms with Crippen molar-refractivity contribution in [3.8, 4) is 11.3 Å². The lowest BCUT2D eigenvalue weighted by molar-refractivity contribution is -0.128. The molecule has 0 N–H and O–H groups in total. The number of hydrogen-bond donors (Lipinski definition) is 0. The predicted octanol–water partition coefficient (Wildman–Crippen LogP) is 3.58. The van der Waals surface area contributed by atoms with Crippen LogP contribution in [0.5, 0.6) is 0 Å². The smallest absolute Gasteiger partial charge is 0.254 e. The van der Waals surface area contributed by atoms with E-state index >= 15 is 0 Å². The van der Waals surface area contributed by atoms with Gasteiger partial charge in [0.25, 0.3) is 5.91 Å². The Morgan fingerprint density at radius 2 is 1.77 bits per heavy atom. The van der Waals surface area contributed by atoms with Crippen LogP contribution in [0.2, 0.25) is 0 Å². The van der Waals surface area contributed by atoms with Gasteiger partial charge in [0.2, 0.25) is 5.91 Å². The summed E-state index contributed by atoms with van der Waals surface area (Å²) in [6.45, 7) is 11.8. The number of aryl methyl sites for hydroxylation is 2. The molecule has 8 nitrogen and oxygen atoms in total.